The standard InChI is InChI=1S/C23H29ClF2N4O2S/c1-14-6-7-19(21(8-14)30(2)16-11-27-12-16)29-20-10-18(25)22(9-17(20)24)33(31,32)13-15-4-3-5-23(26)28-15/h3-5,9-10,14,16,19,21,27,29H,6-8,11-13H2,1-2H3/t14-,19-,21-/m0/s1. The molecule has 2 aromatic rings. The number of halogens is 3. The summed E-state index contributed by atoms with van der Waals surface area (Å²) >= 11 is 6.42. The first-order chi connectivity index (χ1) is 15.6. The highest BCUT2D eigenvalue weighted by Gasteiger charge is 2.36. The third-order valence-electron chi connectivity index (χ3n) is 6.75. The molecule has 3 atom stereocenters. The number of nitrogens with zero attached hydrogens (tertiary/aromatic N) is 2. The van der Waals surface area contributed by atoms with Gasteiger partial charge in [-0.3, -0.25) is 4.90 Å². The van der Waals surface area contributed by atoms with Gasteiger partial charge >= 0.3 is 0 Å². The van der Waals surface area contributed by atoms with Crippen molar-refractivity contribution in [1.82, 2.24) is 15.2 Å². The number of hydrogen-bond donors (Lipinski definition) is 2. The zero-order valence-electron chi connectivity index (χ0n) is 18.7. The molecular weight excluding hydrogens is 470 g/mol. The van der Waals surface area contributed by atoms with Crippen LogP contribution in [-0.2, 0) is 15.6 Å². The Morgan fingerprint density at radius 1 is 1.24 bits per heavy atom. The van der Waals surface area contributed by atoms with Crippen molar-refractivity contribution >= 4 is 27.1 Å². The summed E-state index contributed by atoms with van der Waals surface area (Å²) in [4.78, 5) is 5.43. The topological polar surface area (TPSA) is 74.3 Å². The lowest BCUT2D eigenvalue weighted by Crippen LogP contribution is -2.62. The van der Waals surface area contributed by atoms with Crippen LogP contribution >= 0.6 is 11.6 Å². The number of pyridine rings is 1. The molecule has 2 N–H and O–H groups in total. The van der Waals surface area contributed by atoms with E-state index in [1.54, 1.807) is 0 Å². The van der Waals surface area contributed by atoms with Crippen molar-refractivity contribution in [2.24, 2.45) is 5.92 Å². The van der Waals surface area contributed by atoms with Gasteiger partial charge in [0.15, 0.2) is 9.84 Å². The Morgan fingerprint density at radius 3 is 2.67 bits per heavy atom. The van der Waals surface area contributed by atoms with Gasteiger partial charge in [0, 0.05) is 31.2 Å². The molecule has 1 aliphatic heterocycles. The van der Waals surface area contributed by atoms with Crippen LogP contribution in [0.3, 0.4) is 0 Å². The van der Waals surface area contributed by atoms with Crippen LogP contribution in [0.15, 0.2) is 35.2 Å². The summed E-state index contributed by atoms with van der Waals surface area (Å²) in [7, 11) is -1.98. The van der Waals surface area contributed by atoms with Gasteiger partial charge in [0.05, 0.1) is 22.2 Å². The van der Waals surface area contributed by atoms with Gasteiger partial charge in [0.2, 0.25) is 5.95 Å². The SMILES string of the molecule is C[C@H]1CC[C@H](Nc2cc(F)c(S(=O)(=O)Cc3cccc(F)n3)cc2Cl)[C@@H](N(C)C2CNC2)C1. The average molecular weight is 499 g/mol. The largest absolute Gasteiger partial charge is 0.379 e. The van der Waals surface area contributed by atoms with E-state index in [-0.39, 0.29) is 22.8 Å². The first-order valence-electron chi connectivity index (χ1n) is 11.2. The molecule has 1 aromatic carbocycles. The first kappa shape index (κ1) is 24.3. The number of rotatable bonds is 7. The van der Waals surface area contributed by atoms with Crippen LogP contribution < -0.4 is 10.6 Å². The summed E-state index contributed by atoms with van der Waals surface area (Å²) in [5, 5.41) is 6.82. The number of benzene rings is 1. The highest BCUT2D eigenvalue weighted by molar-refractivity contribution is 7.90. The minimum absolute atomic E-state index is 0.000382. The predicted molar refractivity (Wildman–Crippen MR) is 125 cm³/mol. The van der Waals surface area contributed by atoms with Crippen LogP contribution in [0.1, 0.15) is 31.9 Å². The molecule has 2 fully saturated rings. The monoisotopic (exact) mass is 498 g/mol. The van der Waals surface area contributed by atoms with Crippen LogP contribution in [0.2, 0.25) is 5.02 Å². The van der Waals surface area contributed by atoms with Crippen LogP contribution in [0.4, 0.5) is 14.5 Å². The van der Waals surface area contributed by atoms with Gasteiger partial charge in [-0.05, 0) is 56.5 Å². The second kappa shape index (κ2) is 9.82. The van der Waals surface area contributed by atoms with Gasteiger partial charge in [0.1, 0.15) is 10.7 Å². The quantitative estimate of drug-likeness (QED) is 0.565. The molecule has 2 heterocycles. The normalized spacial score (nSPS) is 24.0. The number of hydrogen-bond acceptors (Lipinski definition) is 6. The highest BCUT2D eigenvalue weighted by atomic mass is 35.5. The van der Waals surface area contributed by atoms with E-state index >= 15 is 0 Å². The summed E-state index contributed by atoms with van der Waals surface area (Å²) in [6.45, 7) is 4.16. The lowest BCUT2D eigenvalue weighted by molar-refractivity contribution is 0.0803. The summed E-state index contributed by atoms with van der Waals surface area (Å²) in [5.74, 6) is -1.71. The van der Waals surface area contributed by atoms with E-state index < -0.39 is 32.3 Å². The molecule has 0 bridgehead atoms. The van der Waals surface area contributed by atoms with Crippen LogP contribution in [0, 0.1) is 17.7 Å². The Kier molecular flexibility index (Phi) is 7.23. The maximum absolute atomic E-state index is 15.0. The molecule has 1 aromatic heterocycles. The van der Waals surface area contributed by atoms with Gasteiger partial charge < -0.3 is 10.6 Å². The van der Waals surface area contributed by atoms with E-state index in [4.69, 9.17) is 11.6 Å². The minimum Gasteiger partial charge on any atom is -0.379 e. The number of nitrogens with one attached hydrogen (secondary N) is 2. The zero-order chi connectivity index (χ0) is 23.8. The van der Waals surface area contributed by atoms with Gasteiger partial charge in [-0.15, -0.1) is 0 Å². The van der Waals surface area contributed by atoms with Crippen molar-refractivity contribution in [1.29, 1.82) is 0 Å². The number of aromatic nitrogens is 1. The summed E-state index contributed by atoms with van der Waals surface area (Å²) in [6, 6.07) is 6.95. The highest BCUT2D eigenvalue weighted by Crippen LogP contribution is 2.35. The predicted octanol–water partition coefficient (Wildman–Crippen LogP) is 3.86. The Hall–Kier alpha value is -1.81. The number of sulfone groups is 1. The van der Waals surface area contributed by atoms with E-state index in [1.165, 1.54) is 12.1 Å². The molecular formula is C23H29ClF2N4O2S. The fourth-order valence-corrected chi connectivity index (χ4v) is 6.32. The third-order valence-corrected chi connectivity index (χ3v) is 8.72. The lowest BCUT2D eigenvalue weighted by atomic mass is 9.81. The Morgan fingerprint density at radius 2 is 2.00 bits per heavy atom. The molecule has 0 radical (unpaired) electrons. The van der Waals surface area contributed by atoms with E-state index in [0.717, 1.165) is 50.6 Å². The molecule has 1 saturated heterocycles. The van der Waals surface area contributed by atoms with E-state index in [1.807, 2.05) is 0 Å². The molecule has 0 unspecified atom stereocenters. The van der Waals surface area contributed by atoms with Gasteiger partial charge in [-0.25, -0.2) is 17.8 Å². The number of anilines is 1. The van der Waals surface area contributed by atoms with Crippen molar-refractivity contribution in [3.63, 3.8) is 0 Å². The molecule has 180 valence electrons. The zero-order valence-corrected chi connectivity index (χ0v) is 20.3. The molecule has 0 amide bonds. The van der Waals surface area contributed by atoms with Crippen LogP contribution in [0.5, 0.6) is 0 Å². The maximum Gasteiger partial charge on any atom is 0.213 e. The summed E-state index contributed by atoms with van der Waals surface area (Å²) in [6.07, 6.45) is 3.00. The number of likely N-dealkylation sites (N-methyl/N-ethyl adjacent to an activating group) is 1. The minimum atomic E-state index is -4.10. The van der Waals surface area contributed by atoms with E-state index in [2.05, 4.69) is 34.5 Å². The fraction of sp³-hybridized carbons (Fsp3) is 0.522. The molecule has 1 aliphatic carbocycles. The van der Waals surface area contributed by atoms with Gasteiger partial charge in [-0.1, -0.05) is 24.6 Å². The summed E-state index contributed by atoms with van der Waals surface area (Å²) < 4.78 is 53.9. The van der Waals surface area contributed by atoms with Crippen LogP contribution in [0.25, 0.3) is 0 Å². The van der Waals surface area contributed by atoms with Crippen LogP contribution in [-0.4, -0.2) is 56.6 Å². The second-order valence-electron chi connectivity index (χ2n) is 9.19. The smallest absolute Gasteiger partial charge is 0.213 e. The summed E-state index contributed by atoms with van der Waals surface area (Å²) in [5.41, 5.74) is 0.377. The Balaban J connectivity index is 1.55. The second-order valence-corrected chi connectivity index (χ2v) is 11.6. The van der Waals surface area contributed by atoms with E-state index in [9.17, 15) is 17.2 Å². The molecule has 10 heteroatoms. The maximum atomic E-state index is 15.0. The van der Waals surface area contributed by atoms with Crippen molar-refractivity contribution in [2.45, 2.75) is 55.0 Å². The van der Waals surface area contributed by atoms with Crippen molar-refractivity contribution in [2.75, 3.05) is 25.5 Å². The molecule has 33 heavy (non-hydrogen) atoms. The fourth-order valence-electron chi connectivity index (χ4n) is 4.68. The molecule has 4 rings (SSSR count). The third kappa shape index (κ3) is 5.48. The molecule has 0 spiro atoms. The van der Waals surface area contributed by atoms with Crippen molar-refractivity contribution in [3.8, 4) is 0 Å². The van der Waals surface area contributed by atoms with E-state index in [0.29, 0.717) is 17.6 Å². The first-order valence-corrected chi connectivity index (χ1v) is 13.2. The van der Waals surface area contributed by atoms with Gasteiger partial charge in [0.25, 0.3) is 0 Å². The Bertz CT molecular complexity index is 1110. The molecule has 6 nitrogen and oxygen atoms in total. The van der Waals surface area contributed by atoms with Crippen molar-refractivity contribution in [3.05, 3.63) is 52.8 Å². The lowest BCUT2D eigenvalue weighted by Gasteiger charge is -2.47. The molecule has 2 aliphatic rings. The Labute approximate surface area is 198 Å². The van der Waals surface area contributed by atoms with Gasteiger partial charge in [-0.2, -0.15) is 4.39 Å². The van der Waals surface area contributed by atoms with Crippen molar-refractivity contribution < 1.29 is 17.2 Å². The average Bonchev–Trinajstić information content (AvgIpc) is 2.70. The molecule has 1 saturated carbocycles.